The van der Waals surface area contributed by atoms with Gasteiger partial charge >= 0.3 is 0 Å². The topological polar surface area (TPSA) is 89.1 Å². The summed E-state index contributed by atoms with van der Waals surface area (Å²) in [7, 11) is 4.74. The zero-order valence-electron chi connectivity index (χ0n) is 17.4. The Labute approximate surface area is 181 Å². The van der Waals surface area contributed by atoms with Crippen LogP contribution >= 0.6 is 11.8 Å². The first kappa shape index (κ1) is 22.3. The Bertz CT molecular complexity index is 834. The number of hydrazine groups is 1. The smallest absolute Gasteiger partial charge is 0.265 e. The summed E-state index contributed by atoms with van der Waals surface area (Å²) in [6, 6.07) is 11.0. The predicted molar refractivity (Wildman–Crippen MR) is 116 cm³/mol. The van der Waals surface area contributed by atoms with Crippen molar-refractivity contribution >= 4 is 17.7 Å². The van der Waals surface area contributed by atoms with Crippen LogP contribution in [0.3, 0.4) is 0 Å². The average molecular weight is 433 g/mol. The Hall–Kier alpha value is -2.42. The summed E-state index contributed by atoms with van der Waals surface area (Å²) < 4.78 is 16.1. The van der Waals surface area contributed by atoms with Crippen molar-refractivity contribution < 1.29 is 24.1 Å². The van der Waals surface area contributed by atoms with Crippen LogP contribution in [0.2, 0.25) is 0 Å². The summed E-state index contributed by atoms with van der Waals surface area (Å²) in [6.07, 6.45) is 3.28. The number of carbonyl (C=O) groups is 1. The second-order valence-electron chi connectivity index (χ2n) is 7.04. The highest BCUT2D eigenvalue weighted by Gasteiger charge is 2.23. The molecule has 30 heavy (non-hydrogen) atoms. The van der Waals surface area contributed by atoms with Gasteiger partial charge in [-0.15, -0.1) is 0 Å². The van der Waals surface area contributed by atoms with E-state index in [-0.39, 0.29) is 11.9 Å². The fourth-order valence-electron chi connectivity index (χ4n) is 3.44. The highest BCUT2D eigenvalue weighted by atomic mass is 32.2. The number of benzene rings is 2. The minimum atomic E-state index is -0.420. The molecule has 0 aliphatic heterocycles. The zero-order valence-corrected chi connectivity index (χ0v) is 18.3. The molecule has 0 heterocycles. The zero-order chi connectivity index (χ0) is 21.5. The molecule has 2 aromatic carbocycles. The first-order valence-corrected chi connectivity index (χ1v) is 10.7. The fourth-order valence-corrected chi connectivity index (χ4v) is 4.31. The quantitative estimate of drug-likeness (QED) is 0.551. The lowest BCUT2D eigenvalue weighted by Gasteiger charge is -2.28. The molecule has 162 valence electrons. The van der Waals surface area contributed by atoms with E-state index in [4.69, 9.17) is 14.2 Å². The molecular formula is C22H28N2O5S. The molecule has 0 spiro atoms. The summed E-state index contributed by atoms with van der Waals surface area (Å²) in [5.41, 5.74) is 6.22. The highest BCUT2D eigenvalue weighted by Crippen LogP contribution is 2.42. The minimum Gasteiger partial charge on any atom is -0.493 e. The standard InChI is InChI=1S/C22H28N2O5S/c1-27-19-12-16(13-20(28-2)21(19)29-3)30-15-10-8-14(9-11-15)22(26)24-23-17-6-4-5-7-18(17)25/h8-13,17-18,23,25H,4-7H2,1-3H3,(H,24,26). The molecule has 0 bridgehead atoms. The second kappa shape index (κ2) is 10.6. The van der Waals surface area contributed by atoms with Crippen molar-refractivity contribution in [2.75, 3.05) is 21.3 Å². The molecule has 2 aromatic rings. The van der Waals surface area contributed by atoms with E-state index in [1.807, 2.05) is 24.3 Å². The molecule has 3 rings (SSSR count). The Morgan fingerprint density at radius 1 is 0.967 bits per heavy atom. The number of carbonyl (C=O) groups excluding carboxylic acids is 1. The SMILES string of the molecule is COc1cc(Sc2ccc(C(=O)NNC3CCCCC3O)cc2)cc(OC)c1OC. The van der Waals surface area contributed by atoms with Crippen LogP contribution in [-0.4, -0.2) is 44.5 Å². The van der Waals surface area contributed by atoms with Gasteiger partial charge < -0.3 is 19.3 Å². The number of hydrogen-bond donors (Lipinski definition) is 3. The normalized spacial score (nSPS) is 18.5. The molecule has 1 amide bonds. The van der Waals surface area contributed by atoms with E-state index < -0.39 is 6.10 Å². The number of amides is 1. The first-order chi connectivity index (χ1) is 14.5. The summed E-state index contributed by atoms with van der Waals surface area (Å²) in [5.74, 6) is 1.50. The third-order valence-electron chi connectivity index (χ3n) is 5.09. The number of nitrogens with one attached hydrogen (secondary N) is 2. The van der Waals surface area contributed by atoms with E-state index in [1.54, 1.807) is 33.5 Å². The molecule has 2 atom stereocenters. The number of methoxy groups -OCH3 is 3. The van der Waals surface area contributed by atoms with Crippen LogP contribution in [0, 0.1) is 0 Å². The molecular weight excluding hydrogens is 404 g/mol. The lowest BCUT2D eigenvalue weighted by Crippen LogP contribution is -2.50. The molecule has 0 aromatic heterocycles. The number of aliphatic hydroxyl groups is 1. The van der Waals surface area contributed by atoms with Gasteiger partial charge in [0.2, 0.25) is 5.75 Å². The summed E-state index contributed by atoms with van der Waals surface area (Å²) in [4.78, 5) is 14.3. The van der Waals surface area contributed by atoms with E-state index in [0.29, 0.717) is 22.8 Å². The number of ether oxygens (including phenoxy) is 3. The molecule has 1 aliphatic rings. The molecule has 0 saturated heterocycles. The second-order valence-corrected chi connectivity index (χ2v) is 8.19. The third kappa shape index (κ3) is 5.38. The Morgan fingerprint density at radius 3 is 2.17 bits per heavy atom. The number of aliphatic hydroxyl groups excluding tert-OH is 1. The molecule has 7 nitrogen and oxygen atoms in total. The maximum Gasteiger partial charge on any atom is 0.265 e. The molecule has 2 unspecified atom stereocenters. The predicted octanol–water partition coefficient (Wildman–Crippen LogP) is 3.40. The maximum atomic E-state index is 12.4. The van der Waals surface area contributed by atoms with Crippen molar-refractivity contribution in [1.82, 2.24) is 10.9 Å². The molecule has 1 fully saturated rings. The van der Waals surface area contributed by atoms with Crippen LogP contribution in [0.15, 0.2) is 46.2 Å². The lowest BCUT2D eigenvalue weighted by molar-refractivity contribution is 0.0737. The average Bonchev–Trinajstić information content (AvgIpc) is 2.78. The van der Waals surface area contributed by atoms with Gasteiger partial charge in [-0.1, -0.05) is 24.6 Å². The van der Waals surface area contributed by atoms with Crippen molar-refractivity contribution in [3.05, 3.63) is 42.0 Å². The van der Waals surface area contributed by atoms with Crippen LogP contribution in [0.25, 0.3) is 0 Å². The van der Waals surface area contributed by atoms with Gasteiger partial charge in [-0.05, 0) is 49.2 Å². The van der Waals surface area contributed by atoms with Crippen molar-refractivity contribution in [1.29, 1.82) is 0 Å². The Balaban J connectivity index is 1.63. The van der Waals surface area contributed by atoms with E-state index in [9.17, 15) is 9.90 Å². The van der Waals surface area contributed by atoms with Crippen molar-refractivity contribution in [2.45, 2.75) is 47.6 Å². The van der Waals surface area contributed by atoms with Crippen molar-refractivity contribution in [3.8, 4) is 17.2 Å². The lowest BCUT2D eigenvalue weighted by atomic mass is 9.93. The summed E-state index contributed by atoms with van der Waals surface area (Å²) >= 11 is 1.53. The molecule has 1 saturated carbocycles. The van der Waals surface area contributed by atoms with Gasteiger partial charge in [-0.25, -0.2) is 5.43 Å². The summed E-state index contributed by atoms with van der Waals surface area (Å²) in [5, 5.41) is 9.99. The van der Waals surface area contributed by atoms with E-state index in [2.05, 4.69) is 10.9 Å². The largest absolute Gasteiger partial charge is 0.493 e. The number of rotatable bonds is 8. The van der Waals surface area contributed by atoms with Gasteiger partial charge in [0.25, 0.3) is 5.91 Å². The van der Waals surface area contributed by atoms with Crippen molar-refractivity contribution in [2.24, 2.45) is 0 Å². The van der Waals surface area contributed by atoms with E-state index in [1.165, 1.54) is 11.8 Å². The molecule has 8 heteroatoms. The van der Waals surface area contributed by atoms with Gasteiger partial charge in [-0.3, -0.25) is 10.2 Å². The van der Waals surface area contributed by atoms with E-state index in [0.717, 1.165) is 35.5 Å². The Kier molecular flexibility index (Phi) is 7.84. The van der Waals surface area contributed by atoms with Crippen LogP contribution in [0.5, 0.6) is 17.2 Å². The third-order valence-corrected chi connectivity index (χ3v) is 6.07. The fraction of sp³-hybridized carbons (Fsp3) is 0.409. The minimum absolute atomic E-state index is 0.0995. The molecule has 3 N–H and O–H groups in total. The van der Waals surface area contributed by atoms with Crippen LogP contribution in [-0.2, 0) is 0 Å². The Morgan fingerprint density at radius 2 is 1.60 bits per heavy atom. The maximum absolute atomic E-state index is 12.4. The van der Waals surface area contributed by atoms with Crippen LogP contribution < -0.4 is 25.1 Å². The monoisotopic (exact) mass is 432 g/mol. The first-order valence-electron chi connectivity index (χ1n) is 9.87. The van der Waals surface area contributed by atoms with Crippen molar-refractivity contribution in [3.63, 3.8) is 0 Å². The van der Waals surface area contributed by atoms with Gasteiger partial charge in [0.1, 0.15) is 0 Å². The van der Waals surface area contributed by atoms with Gasteiger partial charge in [0, 0.05) is 15.4 Å². The summed E-state index contributed by atoms with van der Waals surface area (Å²) in [6.45, 7) is 0. The molecule has 1 aliphatic carbocycles. The van der Waals surface area contributed by atoms with Crippen LogP contribution in [0.4, 0.5) is 0 Å². The van der Waals surface area contributed by atoms with E-state index >= 15 is 0 Å². The van der Waals surface area contributed by atoms with Crippen LogP contribution in [0.1, 0.15) is 36.0 Å². The molecule has 0 radical (unpaired) electrons. The number of hydrogen-bond acceptors (Lipinski definition) is 7. The van der Waals surface area contributed by atoms with Gasteiger partial charge in [-0.2, -0.15) is 0 Å². The highest BCUT2D eigenvalue weighted by molar-refractivity contribution is 7.99. The van der Waals surface area contributed by atoms with Gasteiger partial charge in [0.05, 0.1) is 33.5 Å². The van der Waals surface area contributed by atoms with Gasteiger partial charge in [0.15, 0.2) is 11.5 Å².